The molecule has 0 aliphatic rings. The van der Waals surface area contributed by atoms with Gasteiger partial charge in [-0.15, -0.1) is 0 Å². The molecule has 0 amide bonds. The lowest BCUT2D eigenvalue weighted by Gasteiger charge is -2.19. The first kappa shape index (κ1) is 17.1. The molecule has 0 aliphatic carbocycles. The van der Waals surface area contributed by atoms with E-state index in [1.54, 1.807) is 6.92 Å². The van der Waals surface area contributed by atoms with Crippen LogP contribution in [0.4, 0.5) is 4.39 Å². The minimum atomic E-state index is -4.11. The normalized spacial score (nSPS) is 12.8. The van der Waals surface area contributed by atoms with Crippen LogP contribution < -0.4 is 0 Å². The Bertz CT molecular complexity index is 682. The molecule has 1 aromatic rings. The molecule has 6 nitrogen and oxygen atoms in total. The maximum Gasteiger partial charge on any atom is 0.339 e. The second kappa shape index (κ2) is 6.65. The Kier molecular flexibility index (Phi) is 5.41. The Morgan fingerprint density at radius 3 is 2.67 bits per heavy atom. The van der Waals surface area contributed by atoms with Gasteiger partial charge in [-0.25, -0.2) is 17.6 Å². The summed E-state index contributed by atoms with van der Waals surface area (Å²) in [5.41, 5.74) is -0.254. The first-order valence-corrected chi connectivity index (χ1v) is 7.41. The number of nitrogens with zero attached hydrogens (tertiary/aromatic N) is 2. The van der Waals surface area contributed by atoms with E-state index >= 15 is 0 Å². The highest BCUT2D eigenvalue weighted by atomic mass is 32.2. The van der Waals surface area contributed by atoms with E-state index in [0.717, 1.165) is 29.6 Å². The van der Waals surface area contributed by atoms with E-state index in [1.165, 1.54) is 7.05 Å². The smallest absolute Gasteiger partial charge is 0.339 e. The third-order valence-corrected chi connectivity index (χ3v) is 4.65. The fourth-order valence-electron chi connectivity index (χ4n) is 1.68. The average molecular weight is 314 g/mol. The molecular formula is C13H15FN2O4S. The summed E-state index contributed by atoms with van der Waals surface area (Å²) < 4.78 is 43.6. The maximum absolute atomic E-state index is 13.3. The van der Waals surface area contributed by atoms with Crippen molar-refractivity contribution in [1.29, 1.82) is 5.26 Å². The summed E-state index contributed by atoms with van der Waals surface area (Å²) >= 11 is 0. The van der Waals surface area contributed by atoms with Crippen molar-refractivity contribution < 1.29 is 22.3 Å². The van der Waals surface area contributed by atoms with Gasteiger partial charge >= 0.3 is 5.97 Å². The minimum absolute atomic E-state index is 0.0735. The molecule has 1 rings (SSSR count). The molecule has 1 aromatic carbocycles. The molecule has 0 aliphatic heterocycles. The van der Waals surface area contributed by atoms with Gasteiger partial charge in [0.25, 0.3) is 0 Å². The van der Waals surface area contributed by atoms with Gasteiger partial charge in [0.1, 0.15) is 5.82 Å². The quantitative estimate of drug-likeness (QED) is 0.766. The van der Waals surface area contributed by atoms with Gasteiger partial charge in [-0.05, 0) is 25.1 Å². The molecule has 0 saturated carbocycles. The number of carbonyl (C=O) groups excluding carboxylic acids is 1. The lowest BCUT2D eigenvalue weighted by Crippen LogP contribution is -2.32. The van der Waals surface area contributed by atoms with Gasteiger partial charge in [-0.2, -0.15) is 9.57 Å². The first-order chi connectivity index (χ1) is 9.73. The van der Waals surface area contributed by atoms with Crippen molar-refractivity contribution in [2.45, 2.75) is 11.8 Å². The van der Waals surface area contributed by atoms with Crippen molar-refractivity contribution in [2.75, 3.05) is 20.7 Å². The van der Waals surface area contributed by atoms with Crippen LogP contribution in [-0.4, -0.2) is 39.4 Å². The minimum Gasteiger partial charge on any atom is -0.465 e. The highest BCUT2D eigenvalue weighted by molar-refractivity contribution is 7.89. The predicted molar refractivity (Wildman–Crippen MR) is 72.3 cm³/mol. The number of benzene rings is 1. The van der Waals surface area contributed by atoms with Crippen molar-refractivity contribution >= 4 is 16.0 Å². The van der Waals surface area contributed by atoms with E-state index in [0.29, 0.717) is 0 Å². The molecule has 0 N–H and O–H groups in total. The summed E-state index contributed by atoms with van der Waals surface area (Å²) in [6.07, 6.45) is 0. The Labute approximate surface area is 122 Å². The van der Waals surface area contributed by atoms with Crippen molar-refractivity contribution in [2.24, 2.45) is 5.92 Å². The number of nitriles is 1. The van der Waals surface area contributed by atoms with E-state index in [1.807, 2.05) is 6.07 Å². The topological polar surface area (TPSA) is 87.5 Å². The number of sulfonamides is 1. The molecule has 0 fully saturated rings. The van der Waals surface area contributed by atoms with Gasteiger partial charge < -0.3 is 4.74 Å². The van der Waals surface area contributed by atoms with E-state index in [4.69, 9.17) is 5.26 Å². The monoisotopic (exact) mass is 314 g/mol. The summed E-state index contributed by atoms with van der Waals surface area (Å²) in [6, 6.07) is 4.69. The third-order valence-electron chi connectivity index (χ3n) is 2.79. The average Bonchev–Trinajstić information content (AvgIpc) is 2.45. The van der Waals surface area contributed by atoms with Crippen LogP contribution in [-0.2, 0) is 14.8 Å². The van der Waals surface area contributed by atoms with Crippen molar-refractivity contribution in [3.05, 3.63) is 29.6 Å². The van der Waals surface area contributed by atoms with Gasteiger partial charge in [-0.1, -0.05) is 0 Å². The number of methoxy groups -OCH3 is 1. The van der Waals surface area contributed by atoms with Crippen LogP contribution in [0.5, 0.6) is 0 Å². The van der Waals surface area contributed by atoms with Crippen molar-refractivity contribution in [1.82, 2.24) is 4.31 Å². The third kappa shape index (κ3) is 3.77. The lowest BCUT2D eigenvalue weighted by atomic mass is 10.2. The molecule has 8 heteroatoms. The second-order valence-corrected chi connectivity index (χ2v) is 6.46. The number of hydrogen-bond donors (Lipinski definition) is 0. The van der Waals surface area contributed by atoms with Gasteiger partial charge in [0.05, 0.1) is 29.6 Å². The molecule has 0 spiro atoms. The Balaban J connectivity index is 3.34. The molecule has 0 saturated heterocycles. The van der Waals surface area contributed by atoms with Crippen LogP contribution in [0, 0.1) is 23.1 Å². The number of esters is 1. The van der Waals surface area contributed by atoms with Crippen LogP contribution >= 0.6 is 0 Å². The van der Waals surface area contributed by atoms with Crippen LogP contribution in [0.1, 0.15) is 17.3 Å². The lowest BCUT2D eigenvalue weighted by molar-refractivity contribution is 0.0596. The fourth-order valence-corrected chi connectivity index (χ4v) is 3.13. The highest BCUT2D eigenvalue weighted by Gasteiger charge is 2.28. The zero-order valence-corrected chi connectivity index (χ0v) is 12.6. The van der Waals surface area contributed by atoms with Crippen LogP contribution in [0.25, 0.3) is 0 Å². The van der Waals surface area contributed by atoms with Crippen LogP contribution in [0.2, 0.25) is 0 Å². The molecule has 1 unspecified atom stereocenters. The molecule has 0 aromatic heterocycles. The van der Waals surface area contributed by atoms with E-state index in [-0.39, 0.29) is 12.1 Å². The number of hydrogen-bond acceptors (Lipinski definition) is 5. The number of halogens is 1. The van der Waals surface area contributed by atoms with Crippen molar-refractivity contribution in [3.63, 3.8) is 0 Å². The molecule has 0 bridgehead atoms. The zero-order valence-electron chi connectivity index (χ0n) is 11.8. The Morgan fingerprint density at radius 2 is 2.14 bits per heavy atom. The zero-order chi connectivity index (χ0) is 16.2. The molecule has 21 heavy (non-hydrogen) atoms. The fraction of sp³-hybridized carbons (Fsp3) is 0.385. The SMILES string of the molecule is COC(=O)c1ccc(F)cc1S(=O)(=O)N(C)CC(C)C#N. The Hall–Kier alpha value is -1.98. The van der Waals surface area contributed by atoms with E-state index < -0.39 is 32.6 Å². The summed E-state index contributed by atoms with van der Waals surface area (Å²) in [6.45, 7) is 1.48. The van der Waals surface area contributed by atoms with Gasteiger partial charge in [0.2, 0.25) is 10.0 Å². The largest absolute Gasteiger partial charge is 0.465 e. The number of carbonyl (C=O) groups is 1. The van der Waals surface area contributed by atoms with Gasteiger partial charge in [-0.3, -0.25) is 0 Å². The Morgan fingerprint density at radius 1 is 1.52 bits per heavy atom. The maximum atomic E-state index is 13.3. The molecule has 114 valence electrons. The van der Waals surface area contributed by atoms with E-state index in [9.17, 15) is 17.6 Å². The molecular weight excluding hydrogens is 299 g/mol. The number of ether oxygens (including phenoxy) is 1. The first-order valence-electron chi connectivity index (χ1n) is 5.97. The second-order valence-electron chi connectivity index (χ2n) is 4.45. The summed E-state index contributed by atoms with van der Waals surface area (Å²) in [5, 5.41) is 8.74. The summed E-state index contributed by atoms with van der Waals surface area (Å²) in [7, 11) is -1.75. The molecule has 0 heterocycles. The summed E-state index contributed by atoms with van der Waals surface area (Å²) in [4.78, 5) is 11.1. The van der Waals surface area contributed by atoms with Gasteiger partial charge in [0, 0.05) is 13.6 Å². The number of rotatable bonds is 5. The highest BCUT2D eigenvalue weighted by Crippen LogP contribution is 2.22. The van der Waals surface area contributed by atoms with E-state index in [2.05, 4.69) is 4.74 Å². The molecule has 0 radical (unpaired) electrons. The summed E-state index contributed by atoms with van der Waals surface area (Å²) in [5.74, 6) is -2.21. The molecule has 1 atom stereocenters. The van der Waals surface area contributed by atoms with Crippen LogP contribution in [0.3, 0.4) is 0 Å². The predicted octanol–water partition coefficient (Wildman–Crippen LogP) is 1.39. The van der Waals surface area contributed by atoms with Gasteiger partial charge in [0.15, 0.2) is 0 Å². The standard InChI is InChI=1S/C13H15FN2O4S/c1-9(7-15)8-16(2)21(18,19)12-6-10(14)4-5-11(12)13(17)20-3/h4-6,9H,8H2,1-3H3. The van der Waals surface area contributed by atoms with Crippen LogP contribution in [0.15, 0.2) is 23.1 Å². The van der Waals surface area contributed by atoms with Crippen molar-refractivity contribution in [3.8, 4) is 6.07 Å².